The molecule has 0 spiro atoms. The van der Waals surface area contributed by atoms with E-state index in [4.69, 9.17) is 11.6 Å². The molecule has 4 aliphatic rings. The number of rotatable bonds is 4. The Kier molecular flexibility index (Phi) is 5.24. The highest BCUT2D eigenvalue weighted by molar-refractivity contribution is 7.89. The van der Waals surface area contributed by atoms with E-state index in [0.29, 0.717) is 11.6 Å². The number of imidazole rings is 1. The second kappa shape index (κ2) is 7.50. The first kappa shape index (κ1) is 23.7. The summed E-state index contributed by atoms with van der Waals surface area (Å²) in [4.78, 5) is 8.45. The third kappa shape index (κ3) is 3.67. The lowest BCUT2D eigenvalue weighted by molar-refractivity contribution is -0.137. The van der Waals surface area contributed by atoms with Crippen molar-refractivity contribution < 1.29 is 34.8 Å². The monoisotopic (exact) mass is 528 g/mol. The second-order valence-electron chi connectivity index (χ2n) is 9.24. The van der Waals surface area contributed by atoms with Crippen LogP contribution in [0, 0.1) is 11.3 Å². The molecule has 1 aromatic carbocycles. The molecule has 1 atom stereocenters. The average Bonchev–Trinajstić information content (AvgIpc) is 2.97. The molecular formula is C20H19ClF6N4O2S. The summed E-state index contributed by atoms with van der Waals surface area (Å²) in [7, 11) is -5.79. The van der Waals surface area contributed by atoms with Gasteiger partial charge < -0.3 is 9.88 Å². The third-order valence-electron chi connectivity index (χ3n) is 7.23. The van der Waals surface area contributed by atoms with Gasteiger partial charge in [-0.05, 0) is 54.4 Å². The molecule has 1 aromatic heterocycles. The van der Waals surface area contributed by atoms with Crippen molar-refractivity contribution in [3.05, 3.63) is 46.5 Å². The van der Waals surface area contributed by atoms with Crippen LogP contribution < -0.4 is 4.90 Å². The summed E-state index contributed by atoms with van der Waals surface area (Å²) in [6.07, 6.45) is -1.25. The van der Waals surface area contributed by atoms with Crippen molar-refractivity contribution in [3.63, 3.8) is 0 Å². The van der Waals surface area contributed by atoms with Crippen molar-refractivity contribution >= 4 is 27.3 Å². The van der Waals surface area contributed by atoms with Gasteiger partial charge in [-0.15, -0.1) is 0 Å². The van der Waals surface area contributed by atoms with Gasteiger partial charge in [-0.3, -0.25) is 0 Å². The highest BCUT2D eigenvalue weighted by Gasteiger charge is 2.63. The van der Waals surface area contributed by atoms with Crippen LogP contribution in [0.4, 0.5) is 32.0 Å². The molecule has 0 saturated heterocycles. The Balaban J connectivity index is 1.66. The maximum absolute atomic E-state index is 13.5. The third-order valence-corrected chi connectivity index (χ3v) is 9.10. The normalized spacial score (nSPS) is 27.6. The summed E-state index contributed by atoms with van der Waals surface area (Å²) in [6, 6.07) is 2.09. The summed E-state index contributed by atoms with van der Waals surface area (Å²) in [5, 5.41) is 0.119. The van der Waals surface area contributed by atoms with E-state index in [1.54, 1.807) is 4.90 Å². The van der Waals surface area contributed by atoms with Crippen LogP contribution in [0.25, 0.3) is 0 Å². The highest BCUT2D eigenvalue weighted by Crippen LogP contribution is 2.67. The zero-order valence-corrected chi connectivity index (χ0v) is 19.0. The van der Waals surface area contributed by atoms with Crippen molar-refractivity contribution in [2.45, 2.75) is 50.1 Å². The van der Waals surface area contributed by atoms with Gasteiger partial charge in [0.2, 0.25) is 0 Å². The summed E-state index contributed by atoms with van der Waals surface area (Å²) in [5.74, 6) is 0.431. The van der Waals surface area contributed by atoms with Crippen molar-refractivity contribution in [2.75, 3.05) is 11.4 Å². The summed E-state index contributed by atoms with van der Waals surface area (Å²) >= 11 is 6.12. The van der Waals surface area contributed by atoms with E-state index in [2.05, 4.69) is 9.97 Å². The van der Waals surface area contributed by atoms with Crippen LogP contribution >= 0.6 is 11.6 Å². The van der Waals surface area contributed by atoms with Crippen LogP contribution in [0.1, 0.15) is 36.1 Å². The van der Waals surface area contributed by atoms with Crippen molar-refractivity contribution in [3.8, 4) is 0 Å². The molecule has 3 aliphatic carbocycles. The van der Waals surface area contributed by atoms with Crippen molar-refractivity contribution in [2.24, 2.45) is 11.3 Å². The van der Waals surface area contributed by atoms with Crippen LogP contribution in [0.5, 0.6) is 0 Å². The van der Waals surface area contributed by atoms with Crippen LogP contribution in [-0.2, 0) is 29.3 Å². The molecule has 186 valence electrons. The van der Waals surface area contributed by atoms with Gasteiger partial charge in [0.05, 0.1) is 24.1 Å². The number of hydrogen-bond donors (Lipinski definition) is 1. The van der Waals surface area contributed by atoms with E-state index in [1.807, 2.05) is 0 Å². The maximum Gasteiger partial charge on any atom is 0.511 e. The Hall–Kier alpha value is -1.99. The lowest BCUT2D eigenvalue weighted by Crippen LogP contribution is -2.66. The average molecular weight is 529 g/mol. The van der Waals surface area contributed by atoms with E-state index in [0.717, 1.165) is 31.4 Å². The number of anilines is 1. The summed E-state index contributed by atoms with van der Waals surface area (Å²) < 4.78 is 106. The number of hydrogen-bond acceptors (Lipinski definition) is 4. The van der Waals surface area contributed by atoms with E-state index in [9.17, 15) is 34.8 Å². The molecule has 6 nitrogen and oxygen atoms in total. The van der Waals surface area contributed by atoms with Crippen molar-refractivity contribution in [1.29, 1.82) is 0 Å². The Bertz CT molecular complexity index is 1210. The lowest BCUT2D eigenvalue weighted by atomic mass is 9.41. The molecule has 2 bridgehead atoms. The molecule has 1 N–H and O–H groups in total. The number of H-pyrrole nitrogens is 1. The molecule has 2 heterocycles. The fourth-order valence-corrected chi connectivity index (χ4v) is 6.57. The molecule has 1 aliphatic heterocycles. The quantitative estimate of drug-likeness (QED) is 0.572. The molecule has 0 radical (unpaired) electrons. The van der Waals surface area contributed by atoms with Gasteiger partial charge in [-0.1, -0.05) is 11.6 Å². The fraction of sp³-hybridized carbons (Fsp3) is 0.550. The number of aromatic nitrogens is 2. The zero-order valence-electron chi connectivity index (χ0n) is 17.4. The number of sulfonamides is 1. The van der Waals surface area contributed by atoms with Gasteiger partial charge in [0, 0.05) is 24.8 Å². The minimum Gasteiger partial charge on any atom is -0.360 e. The molecule has 2 aromatic rings. The van der Waals surface area contributed by atoms with Gasteiger partial charge in [-0.2, -0.15) is 30.6 Å². The molecular weight excluding hydrogens is 510 g/mol. The Morgan fingerprint density at radius 2 is 1.82 bits per heavy atom. The summed E-state index contributed by atoms with van der Waals surface area (Å²) in [5.41, 5.74) is -6.56. The number of fused-ring (bicyclic) bond motifs is 1. The minimum atomic E-state index is -5.79. The van der Waals surface area contributed by atoms with E-state index in [-0.39, 0.29) is 27.3 Å². The fourth-order valence-electron chi connectivity index (χ4n) is 5.47. The Morgan fingerprint density at radius 3 is 2.32 bits per heavy atom. The molecule has 0 amide bonds. The van der Waals surface area contributed by atoms with E-state index >= 15 is 0 Å². The van der Waals surface area contributed by atoms with Crippen molar-refractivity contribution in [1.82, 2.24) is 14.3 Å². The number of benzene rings is 1. The first-order chi connectivity index (χ1) is 15.7. The van der Waals surface area contributed by atoms with E-state index in [1.165, 1.54) is 12.4 Å². The molecule has 3 fully saturated rings. The SMILES string of the molecule is O=S(=O)(N1Cc2cc(C(F)(F)F)ccc2N(Cc2[nH]cnc2Cl)[C@H](C23CC(C2)C3)C1)C(F)(F)F. The van der Waals surface area contributed by atoms with Crippen LogP contribution in [0.3, 0.4) is 0 Å². The Labute approximate surface area is 195 Å². The number of nitrogens with zero attached hydrogens (tertiary/aromatic N) is 3. The molecule has 6 rings (SSSR count). The predicted molar refractivity (Wildman–Crippen MR) is 110 cm³/mol. The minimum absolute atomic E-state index is 0.0220. The summed E-state index contributed by atoms with van der Waals surface area (Å²) in [6.45, 7) is -1.31. The molecule has 14 heteroatoms. The lowest BCUT2D eigenvalue weighted by Gasteiger charge is -2.67. The largest absolute Gasteiger partial charge is 0.511 e. The zero-order chi connectivity index (χ0) is 24.7. The van der Waals surface area contributed by atoms with Gasteiger partial charge >= 0.3 is 21.7 Å². The standard InChI is InChI=1S/C20H19ClF6N4O2S/c21-17-14(28-10-29-17)8-31-15-2-1-13(19(22,23)24)3-12(15)7-30(34(32,33)20(25,26)27)9-16(31)18-4-11(5-18)6-18/h1-3,10-11,16H,4-9H2,(H,28,29)/t11?,16-,18?/m0/s1. The molecule has 0 unspecified atom stereocenters. The van der Waals surface area contributed by atoms with Gasteiger partial charge in [-0.25, -0.2) is 13.4 Å². The number of aromatic amines is 1. The van der Waals surface area contributed by atoms with E-state index < -0.39 is 51.8 Å². The van der Waals surface area contributed by atoms with Gasteiger partial charge in [0.25, 0.3) is 0 Å². The second-order valence-corrected chi connectivity index (χ2v) is 11.5. The smallest absolute Gasteiger partial charge is 0.360 e. The number of alkyl halides is 6. The predicted octanol–water partition coefficient (Wildman–Crippen LogP) is 4.92. The Morgan fingerprint density at radius 1 is 1.15 bits per heavy atom. The van der Waals surface area contributed by atoms with Crippen LogP contribution in [0.15, 0.2) is 24.5 Å². The van der Waals surface area contributed by atoms with Crippen LogP contribution in [0.2, 0.25) is 5.15 Å². The first-order valence-corrected chi connectivity index (χ1v) is 12.2. The van der Waals surface area contributed by atoms with Gasteiger partial charge in [0.1, 0.15) is 0 Å². The molecule has 3 saturated carbocycles. The first-order valence-electron chi connectivity index (χ1n) is 10.4. The van der Waals surface area contributed by atoms with Crippen LogP contribution in [-0.4, -0.2) is 40.8 Å². The topological polar surface area (TPSA) is 69.3 Å². The number of nitrogens with one attached hydrogen (secondary N) is 1. The van der Waals surface area contributed by atoms with Gasteiger partial charge in [0.15, 0.2) is 5.15 Å². The maximum atomic E-state index is 13.5. The molecule has 34 heavy (non-hydrogen) atoms. The highest BCUT2D eigenvalue weighted by atomic mass is 35.5. The number of halogens is 7.